The second-order valence-electron chi connectivity index (χ2n) is 6.09. The van der Waals surface area contributed by atoms with E-state index < -0.39 is 5.50 Å². The van der Waals surface area contributed by atoms with Gasteiger partial charge >= 0.3 is 6.03 Å². The molecule has 0 saturated heterocycles. The first-order chi connectivity index (χ1) is 10.7. The van der Waals surface area contributed by atoms with Crippen molar-refractivity contribution >= 4 is 24.0 Å². The summed E-state index contributed by atoms with van der Waals surface area (Å²) in [4.78, 5) is 20.6. The zero-order chi connectivity index (χ0) is 15.5. The highest BCUT2D eigenvalue weighted by atomic mass is 35.5. The zero-order valence-electron chi connectivity index (χ0n) is 12.9. The van der Waals surface area contributed by atoms with Crippen molar-refractivity contribution < 1.29 is 4.79 Å². The van der Waals surface area contributed by atoms with Gasteiger partial charge in [-0.25, -0.2) is 4.79 Å². The van der Waals surface area contributed by atoms with Crippen molar-refractivity contribution in [1.29, 1.82) is 0 Å². The molecular formula is C17H22ClN3O. The standard InChI is InChI=1S/C17H22ClN3O/c1-20(14-10-6-3-7-11-14)17(22)21-12-19-15(16(21)18)13-8-4-2-5-9-13/h2,4-5,8-9,12,14-16H,3,6-7,10-11H2,1H3. The molecule has 0 aromatic heterocycles. The van der Waals surface area contributed by atoms with Gasteiger partial charge in [-0.2, -0.15) is 0 Å². The van der Waals surface area contributed by atoms with Crippen LogP contribution in [-0.2, 0) is 0 Å². The quantitative estimate of drug-likeness (QED) is 0.599. The molecule has 1 aromatic carbocycles. The van der Waals surface area contributed by atoms with Crippen LogP contribution in [0.1, 0.15) is 43.7 Å². The Labute approximate surface area is 136 Å². The van der Waals surface area contributed by atoms with E-state index in [1.165, 1.54) is 19.3 Å². The summed E-state index contributed by atoms with van der Waals surface area (Å²) in [6.07, 6.45) is 7.44. The van der Waals surface area contributed by atoms with Gasteiger partial charge in [-0.15, -0.1) is 0 Å². The third-order valence-electron chi connectivity index (χ3n) is 4.66. The molecule has 0 radical (unpaired) electrons. The molecule has 0 bridgehead atoms. The fraction of sp³-hybridized carbons (Fsp3) is 0.529. The van der Waals surface area contributed by atoms with E-state index in [0.717, 1.165) is 18.4 Å². The fourth-order valence-corrected chi connectivity index (χ4v) is 3.63. The predicted octanol–water partition coefficient (Wildman–Crippen LogP) is 4.02. The highest BCUT2D eigenvalue weighted by Gasteiger charge is 2.36. The Morgan fingerprint density at radius 3 is 2.59 bits per heavy atom. The van der Waals surface area contributed by atoms with Crippen LogP contribution < -0.4 is 0 Å². The van der Waals surface area contributed by atoms with Crippen LogP contribution in [0.4, 0.5) is 4.79 Å². The minimum absolute atomic E-state index is 0.0471. The molecule has 1 saturated carbocycles. The van der Waals surface area contributed by atoms with Crippen LogP contribution in [0.3, 0.4) is 0 Å². The molecule has 2 unspecified atom stereocenters. The molecule has 3 rings (SSSR count). The number of amides is 2. The van der Waals surface area contributed by atoms with Gasteiger partial charge in [-0.1, -0.05) is 61.2 Å². The highest BCUT2D eigenvalue weighted by molar-refractivity contribution is 6.23. The number of hydrogen-bond donors (Lipinski definition) is 0. The summed E-state index contributed by atoms with van der Waals surface area (Å²) in [5.41, 5.74) is 0.579. The topological polar surface area (TPSA) is 35.9 Å². The van der Waals surface area contributed by atoms with Crippen LogP contribution in [0.5, 0.6) is 0 Å². The molecule has 22 heavy (non-hydrogen) atoms. The van der Waals surface area contributed by atoms with Gasteiger partial charge in [0.2, 0.25) is 0 Å². The first-order valence-corrected chi connectivity index (χ1v) is 8.39. The molecule has 2 atom stereocenters. The van der Waals surface area contributed by atoms with Gasteiger partial charge in [0.1, 0.15) is 11.5 Å². The van der Waals surface area contributed by atoms with Crippen molar-refractivity contribution in [3.05, 3.63) is 35.9 Å². The molecule has 0 spiro atoms. The van der Waals surface area contributed by atoms with Crippen LogP contribution in [0.15, 0.2) is 35.3 Å². The third kappa shape index (κ3) is 2.98. The molecule has 1 aliphatic carbocycles. The summed E-state index contributed by atoms with van der Waals surface area (Å²) in [6, 6.07) is 9.98. The van der Waals surface area contributed by atoms with Gasteiger partial charge in [-0.3, -0.25) is 9.89 Å². The van der Waals surface area contributed by atoms with Crippen molar-refractivity contribution in [3.8, 4) is 0 Å². The lowest BCUT2D eigenvalue weighted by Crippen LogP contribution is -2.47. The molecule has 5 heteroatoms. The number of nitrogens with zero attached hydrogens (tertiary/aromatic N) is 3. The monoisotopic (exact) mass is 319 g/mol. The molecule has 118 valence electrons. The van der Waals surface area contributed by atoms with Crippen LogP contribution in [0.2, 0.25) is 0 Å². The largest absolute Gasteiger partial charge is 0.326 e. The zero-order valence-corrected chi connectivity index (χ0v) is 13.6. The van der Waals surface area contributed by atoms with Crippen molar-refractivity contribution in [1.82, 2.24) is 9.80 Å². The van der Waals surface area contributed by atoms with E-state index in [9.17, 15) is 4.79 Å². The Kier molecular flexibility index (Phi) is 4.67. The molecule has 1 fully saturated rings. The Morgan fingerprint density at radius 1 is 1.23 bits per heavy atom. The summed E-state index contributed by atoms with van der Waals surface area (Å²) in [5, 5.41) is 0. The Hall–Kier alpha value is -1.55. The van der Waals surface area contributed by atoms with Gasteiger partial charge in [0.25, 0.3) is 0 Å². The number of halogens is 1. The molecule has 0 N–H and O–H groups in total. The number of rotatable bonds is 2. The lowest BCUT2D eigenvalue weighted by atomic mass is 9.95. The predicted molar refractivity (Wildman–Crippen MR) is 89.2 cm³/mol. The summed E-state index contributed by atoms with van der Waals surface area (Å²) in [5.74, 6) is 0. The van der Waals surface area contributed by atoms with Crippen LogP contribution >= 0.6 is 11.6 Å². The van der Waals surface area contributed by atoms with Gasteiger partial charge in [0.05, 0.1) is 6.34 Å². The Morgan fingerprint density at radius 2 is 1.91 bits per heavy atom. The number of carbonyl (C=O) groups excluding carboxylic acids is 1. The molecule has 1 aliphatic heterocycles. The van der Waals surface area contributed by atoms with E-state index in [0.29, 0.717) is 6.04 Å². The Bertz CT molecular complexity index is 542. The van der Waals surface area contributed by atoms with Crippen molar-refractivity contribution in [3.63, 3.8) is 0 Å². The van der Waals surface area contributed by atoms with E-state index in [1.807, 2.05) is 42.3 Å². The molecule has 1 aromatic rings. The number of carbonyl (C=O) groups is 1. The van der Waals surface area contributed by atoms with E-state index >= 15 is 0 Å². The summed E-state index contributed by atoms with van der Waals surface area (Å²) >= 11 is 6.51. The Balaban J connectivity index is 1.68. The normalized spacial score (nSPS) is 25.5. The SMILES string of the molecule is CN(C(=O)N1C=NC(c2ccccc2)C1Cl)C1CCCCC1. The van der Waals surface area contributed by atoms with Crippen molar-refractivity contribution in [2.45, 2.75) is 49.7 Å². The van der Waals surface area contributed by atoms with Crippen LogP contribution in [-0.4, -0.2) is 40.8 Å². The van der Waals surface area contributed by atoms with Gasteiger partial charge in [-0.05, 0) is 18.4 Å². The molecule has 2 amide bonds. The van der Waals surface area contributed by atoms with Gasteiger partial charge in [0.15, 0.2) is 0 Å². The summed E-state index contributed by atoms with van der Waals surface area (Å²) < 4.78 is 0. The maximum absolute atomic E-state index is 12.7. The third-order valence-corrected chi connectivity index (χ3v) is 5.11. The average molecular weight is 320 g/mol. The fourth-order valence-electron chi connectivity index (χ4n) is 3.29. The van der Waals surface area contributed by atoms with Crippen LogP contribution in [0.25, 0.3) is 0 Å². The number of aliphatic imine (C=N–C) groups is 1. The highest BCUT2D eigenvalue weighted by Crippen LogP contribution is 2.32. The van der Waals surface area contributed by atoms with Gasteiger partial charge < -0.3 is 4.90 Å². The van der Waals surface area contributed by atoms with E-state index in [2.05, 4.69) is 4.99 Å². The number of urea groups is 1. The molecular weight excluding hydrogens is 298 g/mol. The minimum atomic E-state index is -0.457. The van der Waals surface area contributed by atoms with Gasteiger partial charge in [0, 0.05) is 13.1 Å². The van der Waals surface area contributed by atoms with Crippen molar-refractivity contribution in [2.24, 2.45) is 4.99 Å². The van der Waals surface area contributed by atoms with E-state index in [1.54, 1.807) is 11.2 Å². The summed E-state index contributed by atoms with van der Waals surface area (Å²) in [6.45, 7) is 0. The molecule has 4 nitrogen and oxygen atoms in total. The van der Waals surface area contributed by atoms with Crippen LogP contribution in [0, 0.1) is 0 Å². The minimum Gasteiger partial charge on any atom is -0.324 e. The van der Waals surface area contributed by atoms with Crippen molar-refractivity contribution in [2.75, 3.05) is 7.05 Å². The smallest absolute Gasteiger partial charge is 0.324 e. The summed E-state index contributed by atoms with van der Waals surface area (Å²) in [7, 11) is 1.88. The lowest BCUT2D eigenvalue weighted by Gasteiger charge is -2.34. The second-order valence-corrected chi connectivity index (χ2v) is 6.53. The first kappa shape index (κ1) is 15.3. The number of alkyl halides is 1. The average Bonchev–Trinajstić information content (AvgIpc) is 2.96. The maximum Gasteiger partial charge on any atom is 0.326 e. The van der Waals surface area contributed by atoms with E-state index in [4.69, 9.17) is 11.6 Å². The first-order valence-electron chi connectivity index (χ1n) is 7.96. The lowest BCUT2D eigenvalue weighted by molar-refractivity contribution is 0.152. The molecule has 2 aliphatic rings. The molecule has 1 heterocycles. The number of hydrogen-bond acceptors (Lipinski definition) is 2. The maximum atomic E-state index is 12.7. The number of benzene rings is 1. The van der Waals surface area contributed by atoms with E-state index in [-0.39, 0.29) is 12.1 Å². The second kappa shape index (κ2) is 6.69.